The standard InChI is InChI=1S/C10H13ClN2/c11-10-9(12-6-7-13-10)8-4-2-1-3-5-8/h1-5,9-10,12-13H,6-7H2. The van der Waals surface area contributed by atoms with Crippen LogP contribution in [-0.2, 0) is 0 Å². The Hall–Kier alpha value is -0.570. The lowest BCUT2D eigenvalue weighted by atomic mass is 10.1. The summed E-state index contributed by atoms with van der Waals surface area (Å²) in [6.45, 7) is 1.92. The Bertz CT molecular complexity index is 263. The number of halogens is 1. The third kappa shape index (κ3) is 2.02. The van der Waals surface area contributed by atoms with Crippen molar-refractivity contribution in [2.24, 2.45) is 0 Å². The van der Waals surface area contributed by atoms with Gasteiger partial charge in [0.2, 0.25) is 0 Å². The molecule has 1 aromatic rings. The predicted molar refractivity (Wildman–Crippen MR) is 54.8 cm³/mol. The van der Waals surface area contributed by atoms with Crippen LogP contribution in [0.1, 0.15) is 11.6 Å². The number of piperazine rings is 1. The van der Waals surface area contributed by atoms with E-state index >= 15 is 0 Å². The van der Waals surface area contributed by atoms with Gasteiger partial charge in [0.15, 0.2) is 0 Å². The fourth-order valence-electron chi connectivity index (χ4n) is 1.61. The third-order valence-electron chi connectivity index (χ3n) is 2.28. The molecule has 1 aliphatic rings. The molecule has 2 N–H and O–H groups in total. The number of benzene rings is 1. The van der Waals surface area contributed by atoms with Crippen molar-refractivity contribution < 1.29 is 0 Å². The Morgan fingerprint density at radius 1 is 1.08 bits per heavy atom. The van der Waals surface area contributed by atoms with Crippen molar-refractivity contribution in [2.75, 3.05) is 13.1 Å². The van der Waals surface area contributed by atoms with Crippen LogP contribution in [0.15, 0.2) is 30.3 Å². The second kappa shape index (κ2) is 4.09. The molecule has 0 aliphatic carbocycles. The van der Waals surface area contributed by atoms with Crippen LogP contribution < -0.4 is 10.6 Å². The van der Waals surface area contributed by atoms with Crippen LogP contribution in [0.2, 0.25) is 0 Å². The maximum atomic E-state index is 6.14. The zero-order valence-corrected chi connectivity index (χ0v) is 8.09. The van der Waals surface area contributed by atoms with E-state index in [1.165, 1.54) is 5.56 Å². The Morgan fingerprint density at radius 3 is 2.46 bits per heavy atom. The molecule has 0 spiro atoms. The van der Waals surface area contributed by atoms with Crippen molar-refractivity contribution in [1.82, 2.24) is 10.6 Å². The van der Waals surface area contributed by atoms with E-state index in [2.05, 4.69) is 22.8 Å². The first kappa shape index (κ1) is 9.00. The van der Waals surface area contributed by atoms with E-state index in [-0.39, 0.29) is 11.5 Å². The largest absolute Gasteiger partial charge is 0.306 e. The van der Waals surface area contributed by atoms with Crippen LogP contribution in [0, 0.1) is 0 Å². The summed E-state index contributed by atoms with van der Waals surface area (Å²) >= 11 is 6.14. The highest BCUT2D eigenvalue weighted by molar-refractivity contribution is 6.20. The quantitative estimate of drug-likeness (QED) is 0.525. The van der Waals surface area contributed by atoms with Crippen molar-refractivity contribution in [1.29, 1.82) is 0 Å². The van der Waals surface area contributed by atoms with Gasteiger partial charge in [0, 0.05) is 13.1 Å². The maximum Gasteiger partial charge on any atom is 0.102 e. The SMILES string of the molecule is ClC1NCCNC1c1ccccc1. The van der Waals surface area contributed by atoms with E-state index in [0.29, 0.717) is 0 Å². The minimum atomic E-state index is -0.00356. The van der Waals surface area contributed by atoms with E-state index in [1.54, 1.807) is 0 Å². The Labute approximate surface area is 83.3 Å². The fraction of sp³-hybridized carbons (Fsp3) is 0.400. The summed E-state index contributed by atoms with van der Waals surface area (Å²) in [7, 11) is 0. The van der Waals surface area contributed by atoms with Gasteiger partial charge in [-0.15, -0.1) is 11.6 Å². The molecular formula is C10H13ClN2. The van der Waals surface area contributed by atoms with Gasteiger partial charge in [0.1, 0.15) is 5.50 Å². The molecule has 0 saturated carbocycles. The predicted octanol–water partition coefficient (Wildman–Crippen LogP) is 1.49. The van der Waals surface area contributed by atoms with Gasteiger partial charge in [0.25, 0.3) is 0 Å². The fourth-order valence-corrected chi connectivity index (χ4v) is 1.95. The number of alkyl halides is 1. The molecule has 13 heavy (non-hydrogen) atoms. The molecule has 1 heterocycles. The van der Waals surface area contributed by atoms with E-state index < -0.39 is 0 Å². The first-order chi connectivity index (χ1) is 6.38. The Morgan fingerprint density at radius 2 is 1.77 bits per heavy atom. The maximum absolute atomic E-state index is 6.14. The second-order valence-corrected chi connectivity index (χ2v) is 3.67. The van der Waals surface area contributed by atoms with Crippen LogP contribution in [0.25, 0.3) is 0 Å². The molecule has 70 valence electrons. The van der Waals surface area contributed by atoms with Crippen LogP contribution in [0.5, 0.6) is 0 Å². The molecule has 1 aliphatic heterocycles. The first-order valence-electron chi connectivity index (χ1n) is 4.54. The van der Waals surface area contributed by atoms with Gasteiger partial charge in [-0.25, -0.2) is 0 Å². The van der Waals surface area contributed by atoms with E-state index in [9.17, 15) is 0 Å². The molecule has 0 amide bonds. The molecule has 1 aromatic carbocycles. The van der Waals surface area contributed by atoms with Crippen molar-refractivity contribution in [3.63, 3.8) is 0 Å². The van der Waals surface area contributed by atoms with Gasteiger partial charge in [-0.05, 0) is 5.56 Å². The van der Waals surface area contributed by atoms with E-state index in [0.717, 1.165) is 13.1 Å². The number of rotatable bonds is 1. The van der Waals surface area contributed by atoms with E-state index in [4.69, 9.17) is 11.6 Å². The zero-order chi connectivity index (χ0) is 9.10. The highest BCUT2D eigenvalue weighted by Gasteiger charge is 2.22. The molecule has 0 radical (unpaired) electrons. The van der Waals surface area contributed by atoms with Crippen LogP contribution in [0.3, 0.4) is 0 Å². The second-order valence-electron chi connectivity index (χ2n) is 3.20. The summed E-state index contributed by atoms with van der Waals surface area (Å²) in [4.78, 5) is 0. The molecule has 1 fully saturated rings. The van der Waals surface area contributed by atoms with Crippen LogP contribution >= 0.6 is 11.6 Å². The van der Waals surface area contributed by atoms with Gasteiger partial charge in [0.05, 0.1) is 6.04 Å². The van der Waals surface area contributed by atoms with Gasteiger partial charge in [-0.3, -0.25) is 5.32 Å². The Balaban J connectivity index is 2.15. The number of nitrogens with one attached hydrogen (secondary N) is 2. The average molecular weight is 197 g/mol. The van der Waals surface area contributed by atoms with Crippen molar-refractivity contribution >= 4 is 11.6 Å². The monoisotopic (exact) mass is 196 g/mol. The summed E-state index contributed by atoms with van der Waals surface area (Å²) in [5.41, 5.74) is 1.24. The molecule has 1 saturated heterocycles. The molecule has 2 rings (SSSR count). The third-order valence-corrected chi connectivity index (χ3v) is 2.69. The van der Waals surface area contributed by atoms with Crippen molar-refractivity contribution in [3.05, 3.63) is 35.9 Å². The summed E-state index contributed by atoms with van der Waals surface area (Å²) in [5, 5.41) is 6.62. The topological polar surface area (TPSA) is 24.1 Å². The summed E-state index contributed by atoms with van der Waals surface area (Å²) in [6, 6.07) is 10.5. The van der Waals surface area contributed by atoms with Crippen molar-refractivity contribution in [2.45, 2.75) is 11.5 Å². The average Bonchev–Trinajstić information content (AvgIpc) is 2.20. The lowest BCUT2D eigenvalue weighted by molar-refractivity contribution is 0.398. The molecule has 0 aromatic heterocycles. The van der Waals surface area contributed by atoms with Gasteiger partial charge in [-0.1, -0.05) is 30.3 Å². The smallest absolute Gasteiger partial charge is 0.102 e. The zero-order valence-electron chi connectivity index (χ0n) is 7.33. The molecule has 3 heteroatoms. The molecule has 2 unspecified atom stereocenters. The number of hydrogen-bond donors (Lipinski definition) is 2. The molecule has 0 bridgehead atoms. The normalized spacial score (nSPS) is 28.7. The van der Waals surface area contributed by atoms with Gasteiger partial charge >= 0.3 is 0 Å². The lowest BCUT2D eigenvalue weighted by Crippen LogP contribution is -2.47. The summed E-state index contributed by atoms with van der Waals surface area (Å²) < 4.78 is 0. The van der Waals surface area contributed by atoms with Crippen LogP contribution in [-0.4, -0.2) is 18.6 Å². The van der Waals surface area contributed by atoms with Crippen molar-refractivity contribution in [3.8, 4) is 0 Å². The molecule has 2 atom stereocenters. The highest BCUT2D eigenvalue weighted by atomic mass is 35.5. The summed E-state index contributed by atoms with van der Waals surface area (Å²) in [5.74, 6) is 0. The Kier molecular flexibility index (Phi) is 2.83. The van der Waals surface area contributed by atoms with Gasteiger partial charge < -0.3 is 5.32 Å². The molecule has 2 nitrogen and oxygen atoms in total. The minimum absolute atomic E-state index is 0.00356. The van der Waals surface area contributed by atoms with E-state index in [1.807, 2.05) is 18.2 Å². The number of hydrogen-bond acceptors (Lipinski definition) is 2. The lowest BCUT2D eigenvalue weighted by Gasteiger charge is -2.29. The summed E-state index contributed by atoms with van der Waals surface area (Å²) in [6.07, 6.45) is 0. The minimum Gasteiger partial charge on any atom is -0.306 e. The highest BCUT2D eigenvalue weighted by Crippen LogP contribution is 2.20. The molecular weight excluding hydrogens is 184 g/mol. The van der Waals surface area contributed by atoms with Gasteiger partial charge in [-0.2, -0.15) is 0 Å². The first-order valence-corrected chi connectivity index (χ1v) is 4.97. The van der Waals surface area contributed by atoms with Crippen LogP contribution in [0.4, 0.5) is 0 Å².